The molecule has 1 aliphatic heterocycles. The molecular weight excluding hydrogens is 270 g/mol. The van der Waals surface area contributed by atoms with Crippen molar-refractivity contribution < 1.29 is 13.3 Å². The van der Waals surface area contributed by atoms with Gasteiger partial charge in [-0.2, -0.15) is 0 Å². The van der Waals surface area contributed by atoms with Gasteiger partial charge in [0.2, 0.25) is 10.0 Å². The number of nitro groups is 1. The van der Waals surface area contributed by atoms with Crippen molar-refractivity contribution >= 4 is 15.7 Å². The van der Waals surface area contributed by atoms with Gasteiger partial charge in [0.05, 0.1) is 9.82 Å². The molecular formula is C11H13N3O4S. The van der Waals surface area contributed by atoms with E-state index in [9.17, 15) is 18.5 Å². The summed E-state index contributed by atoms with van der Waals surface area (Å²) in [4.78, 5) is 10.0. The maximum absolute atomic E-state index is 12.1. The Bertz CT molecular complexity index is 603. The molecule has 2 aliphatic rings. The number of non-ortho nitro benzene ring substituents is 1. The van der Waals surface area contributed by atoms with E-state index in [1.165, 1.54) is 24.3 Å². The Morgan fingerprint density at radius 3 is 2.32 bits per heavy atom. The van der Waals surface area contributed by atoms with E-state index in [-0.39, 0.29) is 16.6 Å². The van der Waals surface area contributed by atoms with Crippen LogP contribution in [0.25, 0.3) is 0 Å². The number of nitro benzene ring substituents is 1. The van der Waals surface area contributed by atoms with Gasteiger partial charge in [-0.3, -0.25) is 10.1 Å². The molecule has 0 aromatic heterocycles. The van der Waals surface area contributed by atoms with Gasteiger partial charge in [-0.1, -0.05) is 0 Å². The molecule has 2 N–H and O–H groups in total. The Morgan fingerprint density at radius 2 is 1.79 bits per heavy atom. The summed E-state index contributed by atoms with van der Waals surface area (Å²) in [6.45, 7) is 1.69. The smallest absolute Gasteiger partial charge is 0.269 e. The lowest BCUT2D eigenvalue weighted by Gasteiger charge is -2.08. The summed E-state index contributed by atoms with van der Waals surface area (Å²) < 4.78 is 26.8. The number of hydrogen-bond acceptors (Lipinski definition) is 5. The van der Waals surface area contributed by atoms with E-state index >= 15 is 0 Å². The van der Waals surface area contributed by atoms with Gasteiger partial charge in [0.25, 0.3) is 5.69 Å². The van der Waals surface area contributed by atoms with Crippen molar-refractivity contribution in [2.24, 2.45) is 11.8 Å². The maximum Gasteiger partial charge on any atom is 0.269 e. The summed E-state index contributed by atoms with van der Waals surface area (Å²) in [5.41, 5.74) is -0.119. The van der Waals surface area contributed by atoms with Crippen LogP contribution in [0.5, 0.6) is 0 Å². The zero-order valence-corrected chi connectivity index (χ0v) is 10.8. The minimum Gasteiger partial charge on any atom is -0.316 e. The van der Waals surface area contributed by atoms with Gasteiger partial charge in [0.15, 0.2) is 0 Å². The van der Waals surface area contributed by atoms with E-state index < -0.39 is 14.9 Å². The number of piperidine rings is 1. The van der Waals surface area contributed by atoms with Crippen LogP contribution in [-0.4, -0.2) is 32.5 Å². The lowest BCUT2D eigenvalue weighted by atomic mass is 10.3. The number of benzene rings is 1. The molecule has 3 rings (SSSR count). The third-order valence-corrected chi connectivity index (χ3v) is 5.22. The van der Waals surface area contributed by atoms with E-state index in [2.05, 4.69) is 10.0 Å². The average molecular weight is 283 g/mol. The fraction of sp³-hybridized carbons (Fsp3) is 0.455. The molecule has 1 aliphatic carbocycles. The molecule has 1 saturated heterocycles. The fourth-order valence-electron chi connectivity index (χ4n) is 2.59. The van der Waals surface area contributed by atoms with Crippen LogP contribution in [0.4, 0.5) is 5.69 Å². The topological polar surface area (TPSA) is 101 Å². The molecule has 2 atom stereocenters. The average Bonchev–Trinajstić information content (AvgIpc) is 2.82. The van der Waals surface area contributed by atoms with Crippen molar-refractivity contribution in [1.82, 2.24) is 10.0 Å². The Balaban J connectivity index is 1.75. The van der Waals surface area contributed by atoms with Gasteiger partial charge >= 0.3 is 0 Å². The molecule has 0 amide bonds. The predicted octanol–water partition coefficient (Wildman–Crippen LogP) is 0.0909. The highest BCUT2D eigenvalue weighted by molar-refractivity contribution is 7.89. The fourth-order valence-corrected chi connectivity index (χ4v) is 3.93. The Labute approximate surface area is 110 Å². The molecule has 1 saturated carbocycles. The molecule has 8 heteroatoms. The third-order valence-electron chi connectivity index (χ3n) is 3.74. The van der Waals surface area contributed by atoms with Crippen LogP contribution >= 0.6 is 0 Å². The van der Waals surface area contributed by atoms with Gasteiger partial charge in [-0.25, -0.2) is 13.1 Å². The van der Waals surface area contributed by atoms with Crippen LogP contribution in [0.1, 0.15) is 0 Å². The highest BCUT2D eigenvalue weighted by atomic mass is 32.2. The predicted molar refractivity (Wildman–Crippen MR) is 67.1 cm³/mol. The van der Waals surface area contributed by atoms with Crippen LogP contribution in [0.15, 0.2) is 29.2 Å². The molecule has 1 heterocycles. The van der Waals surface area contributed by atoms with Gasteiger partial charge in [0, 0.05) is 18.2 Å². The molecule has 2 fully saturated rings. The van der Waals surface area contributed by atoms with Crippen molar-refractivity contribution in [1.29, 1.82) is 0 Å². The van der Waals surface area contributed by atoms with Crippen molar-refractivity contribution in [3.8, 4) is 0 Å². The Morgan fingerprint density at radius 1 is 1.21 bits per heavy atom. The first-order valence-corrected chi connectivity index (χ1v) is 7.45. The van der Waals surface area contributed by atoms with E-state index in [0.717, 1.165) is 13.1 Å². The molecule has 0 spiro atoms. The van der Waals surface area contributed by atoms with Gasteiger partial charge < -0.3 is 5.32 Å². The second-order valence-electron chi connectivity index (χ2n) is 4.88. The number of sulfonamides is 1. The van der Waals surface area contributed by atoms with Gasteiger partial charge in [-0.15, -0.1) is 0 Å². The lowest BCUT2D eigenvalue weighted by molar-refractivity contribution is -0.384. The number of hydrogen-bond donors (Lipinski definition) is 2. The third kappa shape index (κ3) is 2.22. The lowest BCUT2D eigenvalue weighted by Crippen LogP contribution is -2.32. The molecule has 19 heavy (non-hydrogen) atoms. The maximum atomic E-state index is 12.1. The second-order valence-corrected chi connectivity index (χ2v) is 6.60. The second kappa shape index (κ2) is 4.26. The van der Waals surface area contributed by atoms with Crippen molar-refractivity contribution in [3.05, 3.63) is 34.4 Å². The number of rotatable bonds is 4. The zero-order chi connectivity index (χ0) is 13.6. The van der Waals surface area contributed by atoms with Crippen molar-refractivity contribution in [3.63, 3.8) is 0 Å². The zero-order valence-electron chi connectivity index (χ0n) is 9.94. The van der Waals surface area contributed by atoms with Crippen LogP contribution in [0.3, 0.4) is 0 Å². The van der Waals surface area contributed by atoms with E-state index in [4.69, 9.17) is 0 Å². The van der Waals surface area contributed by atoms with Gasteiger partial charge in [-0.05, 0) is 37.1 Å². The molecule has 1 aromatic carbocycles. The quantitative estimate of drug-likeness (QED) is 0.602. The molecule has 2 unspecified atom stereocenters. The largest absolute Gasteiger partial charge is 0.316 e. The SMILES string of the molecule is O=[N+]([O-])c1ccc(S(=O)(=O)NC2C3CNCC32)cc1. The Hall–Kier alpha value is -1.51. The van der Waals surface area contributed by atoms with Crippen LogP contribution in [0, 0.1) is 22.0 Å². The highest BCUT2D eigenvalue weighted by Gasteiger charge is 2.54. The standard InChI is InChI=1S/C11H13N3O4S/c15-14(16)7-1-3-8(4-2-7)19(17,18)13-11-9-5-12-6-10(9)11/h1-4,9-13H,5-6H2. The summed E-state index contributed by atoms with van der Waals surface area (Å²) in [5.74, 6) is 0.764. The van der Waals surface area contributed by atoms with Crippen molar-refractivity contribution in [2.75, 3.05) is 13.1 Å². The minimum absolute atomic E-state index is 0.00134. The van der Waals surface area contributed by atoms with E-state index in [1.54, 1.807) is 0 Å². The Kier molecular flexibility index (Phi) is 2.80. The first kappa shape index (κ1) is 12.5. The monoisotopic (exact) mass is 283 g/mol. The normalized spacial score (nSPS) is 28.9. The highest BCUT2D eigenvalue weighted by Crippen LogP contribution is 2.42. The van der Waals surface area contributed by atoms with E-state index in [0.29, 0.717) is 11.8 Å². The summed E-state index contributed by atoms with van der Waals surface area (Å²) in [6.07, 6.45) is 0. The first-order valence-electron chi connectivity index (χ1n) is 5.96. The van der Waals surface area contributed by atoms with Gasteiger partial charge in [0.1, 0.15) is 0 Å². The summed E-state index contributed by atoms with van der Waals surface area (Å²) in [6, 6.07) is 4.92. The summed E-state index contributed by atoms with van der Waals surface area (Å²) >= 11 is 0. The van der Waals surface area contributed by atoms with Crippen molar-refractivity contribution in [2.45, 2.75) is 10.9 Å². The minimum atomic E-state index is -3.58. The molecule has 7 nitrogen and oxygen atoms in total. The van der Waals surface area contributed by atoms with E-state index in [1.807, 2.05) is 0 Å². The summed E-state index contributed by atoms with van der Waals surface area (Å²) in [5, 5.41) is 13.7. The molecule has 0 bridgehead atoms. The van der Waals surface area contributed by atoms with Crippen LogP contribution in [0.2, 0.25) is 0 Å². The summed E-state index contributed by atoms with van der Waals surface area (Å²) in [7, 11) is -3.58. The van der Waals surface area contributed by atoms with Crippen LogP contribution in [-0.2, 0) is 10.0 Å². The number of fused-ring (bicyclic) bond motifs is 1. The molecule has 1 aromatic rings. The molecule has 102 valence electrons. The number of nitrogens with zero attached hydrogens (tertiary/aromatic N) is 1. The van der Waals surface area contributed by atoms with Crippen LogP contribution < -0.4 is 10.0 Å². The molecule has 0 radical (unpaired) electrons. The first-order chi connectivity index (χ1) is 8.99. The number of nitrogens with one attached hydrogen (secondary N) is 2.